The maximum Gasteiger partial charge on any atom is 0.414 e. The lowest BCUT2D eigenvalue weighted by atomic mass is 10.2. The van der Waals surface area contributed by atoms with Crippen molar-refractivity contribution >= 4 is 23.4 Å². The summed E-state index contributed by atoms with van der Waals surface area (Å²) in [5.41, 5.74) is 0.926. The number of hydroxylamine groups is 2. The van der Waals surface area contributed by atoms with Crippen molar-refractivity contribution < 1.29 is 23.6 Å². The molecule has 1 aromatic rings. The highest BCUT2D eigenvalue weighted by atomic mass is 19.1. The number of cyclic esters (lactones) is 1. The van der Waals surface area contributed by atoms with Gasteiger partial charge in [-0.3, -0.25) is 14.5 Å². The Balaban J connectivity index is 1.70. The fraction of sp³-hybridized carbons (Fsp3) is 0.556. The van der Waals surface area contributed by atoms with Gasteiger partial charge in [-0.2, -0.15) is 5.06 Å². The molecule has 27 heavy (non-hydrogen) atoms. The van der Waals surface area contributed by atoms with E-state index in [9.17, 15) is 14.0 Å². The Morgan fingerprint density at radius 3 is 2.81 bits per heavy atom. The molecule has 2 aliphatic heterocycles. The Bertz CT molecular complexity index is 717. The first-order valence-corrected chi connectivity index (χ1v) is 8.93. The highest BCUT2D eigenvalue weighted by Gasteiger charge is 2.34. The Labute approximate surface area is 158 Å². The molecule has 0 bridgehead atoms. The van der Waals surface area contributed by atoms with Crippen LogP contribution in [-0.2, 0) is 14.4 Å². The highest BCUT2D eigenvalue weighted by Crippen LogP contribution is 2.28. The van der Waals surface area contributed by atoms with E-state index in [0.29, 0.717) is 44.2 Å². The molecule has 0 radical (unpaired) electrons. The second kappa shape index (κ2) is 8.10. The molecule has 2 fully saturated rings. The molecular weight excluding hydrogens is 355 g/mol. The number of carbonyl (C=O) groups is 2. The number of hydrogen-bond acceptors (Lipinski definition) is 6. The van der Waals surface area contributed by atoms with Crippen LogP contribution < -0.4 is 9.80 Å². The predicted octanol–water partition coefficient (Wildman–Crippen LogP) is 1.31. The van der Waals surface area contributed by atoms with Gasteiger partial charge in [-0.05, 0) is 18.2 Å². The monoisotopic (exact) mass is 380 g/mol. The van der Waals surface area contributed by atoms with Crippen LogP contribution in [0.5, 0.6) is 0 Å². The molecule has 2 amide bonds. The number of carbonyl (C=O) groups excluding carboxylic acids is 2. The number of ether oxygens (including phenoxy) is 1. The van der Waals surface area contributed by atoms with Gasteiger partial charge in [-0.15, -0.1) is 0 Å². The molecule has 1 atom stereocenters. The zero-order chi connectivity index (χ0) is 19.6. The number of nitrogens with zero attached hydrogens (tertiary/aromatic N) is 4. The Kier molecular flexibility index (Phi) is 5.81. The number of likely N-dealkylation sites (N-methyl/N-ethyl adjacent to an activating group) is 2. The number of anilines is 2. The van der Waals surface area contributed by atoms with Crippen molar-refractivity contribution in [3.05, 3.63) is 24.0 Å². The molecule has 0 saturated carbocycles. The maximum atomic E-state index is 14.7. The van der Waals surface area contributed by atoms with E-state index in [1.165, 1.54) is 22.8 Å². The van der Waals surface area contributed by atoms with Crippen LogP contribution in [0.15, 0.2) is 18.2 Å². The fourth-order valence-electron chi connectivity index (χ4n) is 3.17. The number of amides is 2. The molecule has 2 saturated heterocycles. The molecule has 2 aliphatic rings. The second-order valence-electron chi connectivity index (χ2n) is 6.82. The Morgan fingerprint density at radius 1 is 1.33 bits per heavy atom. The molecule has 1 aromatic carbocycles. The van der Waals surface area contributed by atoms with Crippen LogP contribution in [0.2, 0.25) is 0 Å². The minimum Gasteiger partial charge on any atom is -0.442 e. The zero-order valence-corrected chi connectivity index (χ0v) is 15.9. The summed E-state index contributed by atoms with van der Waals surface area (Å²) in [6.45, 7) is 4.43. The van der Waals surface area contributed by atoms with E-state index in [2.05, 4.69) is 0 Å². The molecule has 8 nitrogen and oxygen atoms in total. The molecule has 0 unspecified atom stereocenters. The van der Waals surface area contributed by atoms with Crippen molar-refractivity contribution in [3.8, 4) is 0 Å². The largest absolute Gasteiger partial charge is 0.442 e. The first kappa shape index (κ1) is 19.4. The van der Waals surface area contributed by atoms with Crippen molar-refractivity contribution in [3.63, 3.8) is 0 Å². The Morgan fingerprint density at radius 2 is 2.11 bits per heavy atom. The van der Waals surface area contributed by atoms with Gasteiger partial charge < -0.3 is 14.5 Å². The average molecular weight is 380 g/mol. The summed E-state index contributed by atoms with van der Waals surface area (Å²) in [7, 11) is 3.50. The van der Waals surface area contributed by atoms with Crippen molar-refractivity contribution in [2.24, 2.45) is 0 Å². The van der Waals surface area contributed by atoms with Crippen LogP contribution >= 0.6 is 0 Å². The molecule has 0 aromatic heterocycles. The van der Waals surface area contributed by atoms with Crippen LogP contribution in [0.4, 0.5) is 20.6 Å². The zero-order valence-electron chi connectivity index (χ0n) is 15.9. The van der Waals surface area contributed by atoms with Gasteiger partial charge in [0.1, 0.15) is 11.9 Å². The number of rotatable bonds is 4. The summed E-state index contributed by atoms with van der Waals surface area (Å²) in [5.74, 6) is -0.499. The van der Waals surface area contributed by atoms with Crippen LogP contribution in [0.1, 0.15) is 6.92 Å². The lowest BCUT2D eigenvalue weighted by molar-refractivity contribution is -0.128. The molecule has 148 valence electrons. The second-order valence-corrected chi connectivity index (χ2v) is 6.82. The van der Waals surface area contributed by atoms with Crippen molar-refractivity contribution in [1.82, 2.24) is 9.96 Å². The summed E-state index contributed by atoms with van der Waals surface area (Å²) in [6, 6.07) is 4.74. The van der Waals surface area contributed by atoms with E-state index in [1.807, 2.05) is 11.9 Å². The SMILES string of the molecule is CC(=O)N(C)C[C@H]1CN(c2ccc(N3CCON(C)CC3)c(F)c2)C(=O)O1. The molecule has 0 N–H and O–H groups in total. The topological polar surface area (TPSA) is 65.6 Å². The van der Waals surface area contributed by atoms with Crippen molar-refractivity contribution in [2.75, 3.05) is 63.2 Å². The number of halogens is 1. The highest BCUT2D eigenvalue weighted by molar-refractivity contribution is 5.90. The maximum absolute atomic E-state index is 14.7. The standard InChI is InChI=1S/C18H25FN4O4/c1-13(24)20(2)11-15-12-23(18(25)27-15)14-4-5-17(16(19)10-14)22-7-6-21(3)26-9-8-22/h4-5,10,15H,6-9,11-12H2,1-3H3/t15-/m0/s1. The lowest BCUT2D eigenvalue weighted by Crippen LogP contribution is -2.35. The fourth-order valence-corrected chi connectivity index (χ4v) is 3.17. The number of benzene rings is 1. The molecular formula is C18H25FN4O4. The Hall–Kier alpha value is -2.39. The summed E-state index contributed by atoms with van der Waals surface area (Å²) in [4.78, 5) is 33.8. The van der Waals surface area contributed by atoms with Gasteiger partial charge >= 0.3 is 6.09 Å². The third kappa shape index (κ3) is 4.48. The minimum atomic E-state index is -0.533. The predicted molar refractivity (Wildman–Crippen MR) is 98.1 cm³/mol. The lowest BCUT2D eigenvalue weighted by Gasteiger charge is -2.23. The van der Waals surface area contributed by atoms with Gasteiger partial charge in [0.2, 0.25) is 5.91 Å². The van der Waals surface area contributed by atoms with Gasteiger partial charge in [0, 0.05) is 40.7 Å². The first-order valence-electron chi connectivity index (χ1n) is 8.93. The summed E-state index contributed by atoms with van der Waals surface area (Å²) < 4.78 is 20.0. The van der Waals surface area contributed by atoms with Gasteiger partial charge in [0.25, 0.3) is 0 Å². The van der Waals surface area contributed by atoms with Crippen molar-refractivity contribution in [2.45, 2.75) is 13.0 Å². The summed E-state index contributed by atoms with van der Waals surface area (Å²) >= 11 is 0. The van der Waals surface area contributed by atoms with E-state index in [4.69, 9.17) is 9.57 Å². The quantitative estimate of drug-likeness (QED) is 0.785. The molecule has 0 aliphatic carbocycles. The third-order valence-electron chi connectivity index (χ3n) is 4.83. The molecule has 0 spiro atoms. The molecule has 3 rings (SSSR count). The first-order chi connectivity index (χ1) is 12.8. The molecule has 9 heteroatoms. The molecule has 2 heterocycles. The van der Waals surface area contributed by atoms with Crippen LogP contribution in [-0.4, -0.2) is 81.5 Å². The van der Waals surface area contributed by atoms with Crippen molar-refractivity contribution in [1.29, 1.82) is 0 Å². The average Bonchev–Trinajstić information content (AvgIpc) is 2.83. The normalized spacial score (nSPS) is 21.2. The summed E-state index contributed by atoms with van der Waals surface area (Å²) in [5, 5.41) is 1.74. The van der Waals surface area contributed by atoms with E-state index in [0.717, 1.165) is 0 Å². The third-order valence-corrected chi connectivity index (χ3v) is 4.83. The number of hydrogen-bond donors (Lipinski definition) is 0. The summed E-state index contributed by atoms with van der Waals surface area (Å²) in [6.07, 6.45) is -0.971. The van der Waals surface area contributed by atoms with E-state index < -0.39 is 18.0 Å². The van der Waals surface area contributed by atoms with E-state index in [1.54, 1.807) is 24.2 Å². The minimum absolute atomic E-state index is 0.105. The van der Waals surface area contributed by atoms with Crippen LogP contribution in [0.25, 0.3) is 0 Å². The van der Waals surface area contributed by atoms with Gasteiger partial charge in [0.05, 0.1) is 31.1 Å². The van der Waals surface area contributed by atoms with Gasteiger partial charge in [-0.25, -0.2) is 9.18 Å². The van der Waals surface area contributed by atoms with Gasteiger partial charge in [-0.1, -0.05) is 0 Å². The van der Waals surface area contributed by atoms with Crippen LogP contribution in [0.3, 0.4) is 0 Å². The van der Waals surface area contributed by atoms with E-state index >= 15 is 0 Å². The smallest absolute Gasteiger partial charge is 0.414 e. The van der Waals surface area contributed by atoms with Crippen LogP contribution in [0, 0.1) is 5.82 Å². The van der Waals surface area contributed by atoms with E-state index in [-0.39, 0.29) is 12.5 Å². The van der Waals surface area contributed by atoms with Gasteiger partial charge in [0.15, 0.2) is 0 Å².